The summed E-state index contributed by atoms with van der Waals surface area (Å²) >= 11 is 6.03. The Balaban J connectivity index is 1.78. The number of halogens is 1. The lowest BCUT2D eigenvalue weighted by Crippen LogP contribution is -2.46. The van der Waals surface area contributed by atoms with Crippen molar-refractivity contribution in [2.24, 2.45) is 0 Å². The molecule has 0 atom stereocenters. The van der Waals surface area contributed by atoms with E-state index < -0.39 is 0 Å². The van der Waals surface area contributed by atoms with E-state index in [1.165, 1.54) is 0 Å². The zero-order chi connectivity index (χ0) is 15.2. The Morgan fingerprint density at radius 2 is 2.05 bits per heavy atom. The zero-order valence-corrected chi connectivity index (χ0v) is 12.9. The van der Waals surface area contributed by atoms with Gasteiger partial charge in [-0.05, 0) is 24.6 Å². The summed E-state index contributed by atoms with van der Waals surface area (Å²) in [7, 11) is 0. The number of benzene rings is 1. The highest BCUT2D eigenvalue weighted by molar-refractivity contribution is 6.31. The summed E-state index contributed by atoms with van der Waals surface area (Å²) in [5.41, 5.74) is 1.64. The highest BCUT2D eigenvalue weighted by Crippen LogP contribution is 2.22. The van der Waals surface area contributed by atoms with Gasteiger partial charge in [-0.1, -0.05) is 17.7 Å². The van der Waals surface area contributed by atoms with Crippen molar-refractivity contribution in [1.29, 1.82) is 0 Å². The standard InChI is InChI=1S/C15H20ClN3O2/c1-12-13(16)3-2-4-14(12)17-15(21)5-6-18-7-9-19(11-20)10-8-18/h2-4,11H,5-10H2,1H3,(H,17,21). The summed E-state index contributed by atoms with van der Waals surface area (Å²) in [6.45, 7) is 5.70. The first-order valence-corrected chi connectivity index (χ1v) is 7.44. The lowest BCUT2D eigenvalue weighted by Gasteiger charge is -2.32. The summed E-state index contributed by atoms with van der Waals surface area (Å²) in [6.07, 6.45) is 1.32. The molecule has 114 valence electrons. The van der Waals surface area contributed by atoms with E-state index in [1.807, 2.05) is 19.1 Å². The van der Waals surface area contributed by atoms with Crippen LogP contribution in [0.1, 0.15) is 12.0 Å². The summed E-state index contributed by atoms with van der Waals surface area (Å²) in [4.78, 5) is 26.6. The van der Waals surface area contributed by atoms with E-state index in [9.17, 15) is 9.59 Å². The van der Waals surface area contributed by atoms with Gasteiger partial charge < -0.3 is 10.2 Å². The molecule has 2 amide bonds. The molecule has 1 fully saturated rings. The molecule has 0 saturated carbocycles. The fourth-order valence-electron chi connectivity index (χ4n) is 2.31. The van der Waals surface area contributed by atoms with Crippen molar-refractivity contribution < 1.29 is 9.59 Å². The molecule has 0 aliphatic carbocycles. The first-order chi connectivity index (χ1) is 10.1. The van der Waals surface area contributed by atoms with Crippen molar-refractivity contribution in [2.45, 2.75) is 13.3 Å². The fourth-order valence-corrected chi connectivity index (χ4v) is 2.48. The second-order valence-corrected chi connectivity index (χ2v) is 5.60. The van der Waals surface area contributed by atoms with Crippen molar-refractivity contribution in [3.8, 4) is 0 Å². The first-order valence-electron chi connectivity index (χ1n) is 7.07. The van der Waals surface area contributed by atoms with Gasteiger partial charge in [0.1, 0.15) is 0 Å². The van der Waals surface area contributed by atoms with Gasteiger partial charge in [-0.3, -0.25) is 14.5 Å². The number of carbonyl (C=O) groups excluding carboxylic acids is 2. The van der Waals surface area contributed by atoms with Crippen LogP contribution in [0.15, 0.2) is 18.2 Å². The SMILES string of the molecule is Cc1c(Cl)cccc1NC(=O)CCN1CCN(C=O)CC1. The maximum absolute atomic E-state index is 12.0. The van der Waals surface area contributed by atoms with Gasteiger partial charge in [0, 0.05) is 49.9 Å². The van der Waals surface area contributed by atoms with Crippen molar-refractivity contribution in [2.75, 3.05) is 38.0 Å². The summed E-state index contributed by atoms with van der Waals surface area (Å²) in [5.74, 6) is -0.0156. The predicted molar refractivity (Wildman–Crippen MR) is 83.5 cm³/mol. The number of hydrogen-bond acceptors (Lipinski definition) is 3. The molecule has 21 heavy (non-hydrogen) atoms. The van der Waals surface area contributed by atoms with Crippen LogP contribution in [-0.2, 0) is 9.59 Å². The number of nitrogens with zero attached hydrogens (tertiary/aromatic N) is 2. The lowest BCUT2D eigenvalue weighted by atomic mass is 10.2. The molecule has 1 aliphatic heterocycles. The van der Waals surface area contributed by atoms with Crippen molar-refractivity contribution in [3.05, 3.63) is 28.8 Å². The molecule has 1 aliphatic rings. The Morgan fingerprint density at radius 3 is 2.71 bits per heavy atom. The molecule has 1 aromatic rings. The molecule has 0 aromatic heterocycles. The Morgan fingerprint density at radius 1 is 1.33 bits per heavy atom. The molecular formula is C15H20ClN3O2. The molecule has 1 saturated heterocycles. The van der Waals surface area contributed by atoms with E-state index in [2.05, 4.69) is 10.2 Å². The third kappa shape index (κ3) is 4.44. The molecule has 0 bridgehead atoms. The van der Waals surface area contributed by atoms with E-state index in [0.717, 1.165) is 43.8 Å². The van der Waals surface area contributed by atoms with Crippen LogP contribution in [0.3, 0.4) is 0 Å². The smallest absolute Gasteiger partial charge is 0.225 e. The average molecular weight is 310 g/mol. The number of nitrogens with one attached hydrogen (secondary N) is 1. The molecule has 0 radical (unpaired) electrons. The second-order valence-electron chi connectivity index (χ2n) is 5.19. The monoisotopic (exact) mass is 309 g/mol. The maximum Gasteiger partial charge on any atom is 0.225 e. The van der Waals surface area contributed by atoms with E-state index in [1.54, 1.807) is 11.0 Å². The third-order valence-corrected chi connectivity index (χ3v) is 4.16. The molecule has 5 nitrogen and oxygen atoms in total. The second kappa shape index (κ2) is 7.43. The number of piperazine rings is 1. The quantitative estimate of drug-likeness (QED) is 0.843. The third-order valence-electron chi connectivity index (χ3n) is 3.75. The van der Waals surface area contributed by atoms with Crippen LogP contribution in [0.5, 0.6) is 0 Å². The topological polar surface area (TPSA) is 52.7 Å². The van der Waals surface area contributed by atoms with Crippen LogP contribution < -0.4 is 5.32 Å². The van der Waals surface area contributed by atoms with Crippen LogP contribution in [0.2, 0.25) is 5.02 Å². The predicted octanol–water partition coefficient (Wildman–Crippen LogP) is 1.75. The zero-order valence-electron chi connectivity index (χ0n) is 12.1. The molecule has 6 heteroatoms. The average Bonchev–Trinajstić information content (AvgIpc) is 2.50. The van der Waals surface area contributed by atoms with E-state index in [-0.39, 0.29) is 5.91 Å². The Bertz CT molecular complexity index is 514. The van der Waals surface area contributed by atoms with Gasteiger partial charge in [-0.2, -0.15) is 0 Å². The minimum absolute atomic E-state index is 0.0156. The van der Waals surface area contributed by atoms with Gasteiger partial charge in [0.25, 0.3) is 0 Å². The minimum Gasteiger partial charge on any atom is -0.343 e. The summed E-state index contributed by atoms with van der Waals surface area (Å²) in [5, 5.41) is 3.54. The van der Waals surface area contributed by atoms with Gasteiger partial charge in [-0.15, -0.1) is 0 Å². The van der Waals surface area contributed by atoms with Crippen LogP contribution in [0, 0.1) is 6.92 Å². The Hall–Kier alpha value is -1.59. The Labute approximate surface area is 129 Å². The molecule has 1 N–H and O–H groups in total. The Kier molecular flexibility index (Phi) is 5.59. The van der Waals surface area contributed by atoms with Crippen molar-refractivity contribution >= 4 is 29.6 Å². The highest BCUT2D eigenvalue weighted by atomic mass is 35.5. The van der Waals surface area contributed by atoms with Crippen LogP contribution >= 0.6 is 11.6 Å². The number of anilines is 1. The van der Waals surface area contributed by atoms with Gasteiger partial charge in [0.15, 0.2) is 0 Å². The number of hydrogen-bond donors (Lipinski definition) is 1. The normalized spacial score (nSPS) is 15.8. The molecule has 1 heterocycles. The van der Waals surface area contributed by atoms with E-state index in [0.29, 0.717) is 18.0 Å². The van der Waals surface area contributed by atoms with Gasteiger partial charge >= 0.3 is 0 Å². The molecule has 2 rings (SSSR count). The van der Waals surface area contributed by atoms with Crippen LogP contribution in [-0.4, -0.2) is 54.8 Å². The van der Waals surface area contributed by atoms with Crippen LogP contribution in [0.4, 0.5) is 5.69 Å². The van der Waals surface area contributed by atoms with Gasteiger partial charge in [0.05, 0.1) is 0 Å². The number of carbonyl (C=O) groups is 2. The van der Waals surface area contributed by atoms with E-state index in [4.69, 9.17) is 11.6 Å². The molecular weight excluding hydrogens is 290 g/mol. The highest BCUT2D eigenvalue weighted by Gasteiger charge is 2.16. The van der Waals surface area contributed by atoms with Crippen molar-refractivity contribution in [3.63, 3.8) is 0 Å². The summed E-state index contributed by atoms with van der Waals surface area (Å²) in [6, 6.07) is 5.48. The fraction of sp³-hybridized carbons (Fsp3) is 0.467. The molecule has 0 spiro atoms. The molecule has 0 unspecified atom stereocenters. The minimum atomic E-state index is -0.0156. The lowest BCUT2D eigenvalue weighted by molar-refractivity contribution is -0.120. The maximum atomic E-state index is 12.0. The van der Waals surface area contributed by atoms with Gasteiger partial charge in [0.2, 0.25) is 12.3 Å². The summed E-state index contributed by atoms with van der Waals surface area (Å²) < 4.78 is 0. The number of amides is 2. The first kappa shape index (κ1) is 15.8. The van der Waals surface area contributed by atoms with E-state index >= 15 is 0 Å². The molecule has 1 aromatic carbocycles. The van der Waals surface area contributed by atoms with Gasteiger partial charge in [-0.25, -0.2) is 0 Å². The van der Waals surface area contributed by atoms with Crippen molar-refractivity contribution in [1.82, 2.24) is 9.80 Å². The number of rotatable bonds is 5. The van der Waals surface area contributed by atoms with Crippen LogP contribution in [0.25, 0.3) is 0 Å². The largest absolute Gasteiger partial charge is 0.343 e.